The number of halogens is 1. The molecule has 2 aliphatic carbocycles. The molecule has 0 bridgehead atoms. The van der Waals surface area contributed by atoms with Crippen LogP contribution in [0.3, 0.4) is 0 Å². The first-order valence-corrected chi connectivity index (χ1v) is 9.43. The number of nitrogens with one attached hydrogen (secondary N) is 2. The minimum Gasteiger partial charge on any atom is -0.320 e. The van der Waals surface area contributed by atoms with E-state index in [1.807, 2.05) is 0 Å². The number of hydrogen-bond acceptors (Lipinski definition) is 3. The van der Waals surface area contributed by atoms with Crippen molar-refractivity contribution in [2.24, 2.45) is 5.92 Å². The third kappa shape index (κ3) is 2.43. The van der Waals surface area contributed by atoms with Crippen molar-refractivity contribution >= 4 is 11.7 Å². The Morgan fingerprint density at radius 1 is 1.48 bits per heavy atom. The van der Waals surface area contributed by atoms with Crippen molar-refractivity contribution in [2.75, 3.05) is 11.9 Å². The molecule has 27 heavy (non-hydrogen) atoms. The topological polar surface area (TPSA) is 84.8 Å². The van der Waals surface area contributed by atoms with E-state index in [0.717, 1.165) is 29.3 Å². The number of amides is 2. The van der Waals surface area contributed by atoms with Crippen LogP contribution in [0.15, 0.2) is 18.2 Å². The number of nitrogens with zero attached hydrogens (tertiary/aromatic N) is 3. The Morgan fingerprint density at radius 2 is 2.37 bits per heavy atom. The van der Waals surface area contributed by atoms with Crippen LogP contribution in [-0.2, 0) is 18.4 Å². The lowest BCUT2D eigenvalue weighted by atomic mass is 9.92. The summed E-state index contributed by atoms with van der Waals surface area (Å²) >= 11 is 0. The number of nitriles is 1. The maximum atomic E-state index is 14.2. The van der Waals surface area contributed by atoms with Crippen molar-refractivity contribution in [1.29, 1.82) is 5.26 Å². The molecule has 7 heteroatoms. The second-order valence-corrected chi connectivity index (χ2v) is 7.86. The standard InChI is InChI=1S/C20H20FN5O/c21-17-12(10-22)3-1-5-16(17)23-19(27)26-8-6-15-14(11-26)18(25-24-15)20-7-2-4-13(20)9-20/h1,3,5,13H,2,4,6-9,11H2,(H,23,27)(H,24,25). The zero-order chi connectivity index (χ0) is 18.6. The molecule has 1 aliphatic heterocycles. The SMILES string of the molecule is N#Cc1cccc(NC(=O)N2CCc3[nH]nc(C45CCCC4C5)c3C2)c1F. The van der Waals surface area contributed by atoms with Gasteiger partial charge < -0.3 is 10.2 Å². The van der Waals surface area contributed by atoms with Gasteiger partial charge in [-0.1, -0.05) is 12.5 Å². The number of benzene rings is 1. The van der Waals surface area contributed by atoms with Crippen molar-refractivity contribution in [3.05, 3.63) is 46.5 Å². The fraction of sp³-hybridized carbons (Fsp3) is 0.450. The highest BCUT2D eigenvalue weighted by atomic mass is 19.1. The fourth-order valence-electron chi connectivity index (χ4n) is 4.93. The molecule has 2 unspecified atom stereocenters. The number of hydrogen-bond donors (Lipinski definition) is 2. The normalized spacial score (nSPS) is 25.5. The number of anilines is 1. The molecule has 0 radical (unpaired) electrons. The van der Waals surface area contributed by atoms with Gasteiger partial charge >= 0.3 is 6.03 Å². The van der Waals surface area contributed by atoms with E-state index in [1.54, 1.807) is 17.0 Å². The summed E-state index contributed by atoms with van der Waals surface area (Å²) in [7, 11) is 0. The van der Waals surface area contributed by atoms with Gasteiger partial charge in [0.2, 0.25) is 0 Å². The third-order valence-corrected chi connectivity index (χ3v) is 6.46. The first-order valence-electron chi connectivity index (χ1n) is 9.43. The number of carbonyl (C=O) groups is 1. The molecule has 1 aromatic carbocycles. The molecule has 2 atom stereocenters. The molecule has 0 spiro atoms. The van der Waals surface area contributed by atoms with Crippen LogP contribution < -0.4 is 5.32 Å². The summed E-state index contributed by atoms with van der Waals surface area (Å²) < 4.78 is 14.2. The Bertz CT molecular complexity index is 977. The number of aromatic amines is 1. The lowest BCUT2D eigenvalue weighted by Gasteiger charge is -2.28. The maximum absolute atomic E-state index is 14.2. The van der Waals surface area contributed by atoms with E-state index in [-0.39, 0.29) is 22.7 Å². The van der Waals surface area contributed by atoms with Crippen LogP contribution in [0.4, 0.5) is 14.9 Å². The average molecular weight is 365 g/mol. The van der Waals surface area contributed by atoms with Crippen molar-refractivity contribution < 1.29 is 9.18 Å². The average Bonchev–Trinajstić information content (AvgIpc) is 3.04. The molecular weight excluding hydrogens is 345 g/mol. The van der Waals surface area contributed by atoms with Gasteiger partial charge in [0, 0.05) is 29.6 Å². The molecule has 6 nitrogen and oxygen atoms in total. The van der Waals surface area contributed by atoms with Crippen molar-refractivity contribution in [1.82, 2.24) is 15.1 Å². The molecule has 2 aromatic rings. The van der Waals surface area contributed by atoms with Gasteiger partial charge in [-0.25, -0.2) is 9.18 Å². The predicted molar refractivity (Wildman–Crippen MR) is 96.5 cm³/mol. The second-order valence-electron chi connectivity index (χ2n) is 7.86. The van der Waals surface area contributed by atoms with Gasteiger partial charge in [0.1, 0.15) is 6.07 Å². The zero-order valence-electron chi connectivity index (χ0n) is 14.9. The van der Waals surface area contributed by atoms with Crippen molar-refractivity contribution in [3.8, 4) is 6.07 Å². The van der Waals surface area contributed by atoms with Crippen LogP contribution in [0.25, 0.3) is 0 Å². The van der Waals surface area contributed by atoms with E-state index in [1.165, 1.54) is 37.8 Å². The Kier molecular flexibility index (Phi) is 3.51. The lowest BCUT2D eigenvalue weighted by molar-refractivity contribution is 0.205. The van der Waals surface area contributed by atoms with E-state index in [0.29, 0.717) is 13.1 Å². The second kappa shape index (κ2) is 5.81. The molecule has 138 valence electrons. The molecule has 2 fully saturated rings. The summed E-state index contributed by atoms with van der Waals surface area (Å²) in [5.41, 5.74) is 3.61. The number of fused-ring (bicyclic) bond motifs is 2. The number of urea groups is 1. The molecule has 2 saturated carbocycles. The van der Waals surface area contributed by atoms with Crippen LogP contribution in [0.2, 0.25) is 0 Å². The number of H-pyrrole nitrogens is 1. The molecule has 1 aromatic heterocycles. The monoisotopic (exact) mass is 365 g/mol. The molecular formula is C20H20FN5O. The summed E-state index contributed by atoms with van der Waals surface area (Å²) in [6.07, 6.45) is 5.65. The quantitative estimate of drug-likeness (QED) is 0.855. The van der Waals surface area contributed by atoms with Crippen LogP contribution >= 0.6 is 0 Å². The molecule has 2 N–H and O–H groups in total. The molecule has 3 aliphatic rings. The lowest BCUT2D eigenvalue weighted by Crippen LogP contribution is -2.39. The van der Waals surface area contributed by atoms with Crippen LogP contribution in [0.1, 0.15) is 48.2 Å². The first kappa shape index (κ1) is 16.3. The highest BCUT2D eigenvalue weighted by Crippen LogP contribution is 2.64. The minimum absolute atomic E-state index is 0.0360. The van der Waals surface area contributed by atoms with Gasteiger partial charge in [-0.05, 0) is 37.3 Å². The Balaban J connectivity index is 1.36. The van der Waals surface area contributed by atoms with Crippen molar-refractivity contribution in [2.45, 2.75) is 44.1 Å². The Morgan fingerprint density at radius 3 is 3.11 bits per heavy atom. The number of carbonyl (C=O) groups excluding carboxylic acids is 1. The van der Waals surface area contributed by atoms with Gasteiger partial charge in [0.15, 0.2) is 5.82 Å². The smallest absolute Gasteiger partial charge is 0.320 e. The van der Waals surface area contributed by atoms with Crippen molar-refractivity contribution in [3.63, 3.8) is 0 Å². The van der Waals surface area contributed by atoms with E-state index >= 15 is 0 Å². The van der Waals surface area contributed by atoms with Crippen LogP contribution in [-0.4, -0.2) is 27.7 Å². The number of aromatic nitrogens is 2. The molecule has 0 saturated heterocycles. The first-order chi connectivity index (χ1) is 13.1. The fourth-order valence-corrected chi connectivity index (χ4v) is 4.93. The van der Waals surface area contributed by atoms with Gasteiger partial charge in [-0.3, -0.25) is 5.10 Å². The highest BCUT2D eigenvalue weighted by Gasteiger charge is 2.60. The summed E-state index contributed by atoms with van der Waals surface area (Å²) in [6, 6.07) is 5.87. The molecule has 5 rings (SSSR count). The van der Waals surface area contributed by atoms with Gasteiger partial charge in [0.25, 0.3) is 0 Å². The Hall–Kier alpha value is -2.88. The largest absolute Gasteiger partial charge is 0.322 e. The predicted octanol–water partition coefficient (Wildman–Crippen LogP) is 3.45. The number of rotatable bonds is 2. The van der Waals surface area contributed by atoms with E-state index < -0.39 is 5.82 Å². The van der Waals surface area contributed by atoms with Gasteiger partial charge in [0.05, 0.1) is 23.5 Å². The zero-order valence-corrected chi connectivity index (χ0v) is 14.9. The maximum Gasteiger partial charge on any atom is 0.322 e. The minimum atomic E-state index is -0.694. The van der Waals surface area contributed by atoms with Gasteiger partial charge in [-0.2, -0.15) is 10.4 Å². The highest BCUT2D eigenvalue weighted by molar-refractivity contribution is 5.89. The summed E-state index contributed by atoms with van der Waals surface area (Å²) in [4.78, 5) is 14.4. The summed E-state index contributed by atoms with van der Waals surface area (Å²) in [5.74, 6) is 0.0534. The van der Waals surface area contributed by atoms with E-state index in [2.05, 4.69) is 15.5 Å². The van der Waals surface area contributed by atoms with E-state index in [4.69, 9.17) is 5.26 Å². The molecule has 2 amide bonds. The third-order valence-electron chi connectivity index (χ3n) is 6.46. The van der Waals surface area contributed by atoms with Crippen LogP contribution in [0.5, 0.6) is 0 Å². The summed E-state index contributed by atoms with van der Waals surface area (Å²) in [5, 5.41) is 19.4. The Labute approximate surface area is 156 Å². The molecule has 2 heterocycles. The van der Waals surface area contributed by atoms with E-state index in [9.17, 15) is 9.18 Å². The van der Waals surface area contributed by atoms with Gasteiger partial charge in [-0.15, -0.1) is 0 Å². The summed E-state index contributed by atoms with van der Waals surface area (Å²) in [6.45, 7) is 1.04. The van der Waals surface area contributed by atoms with Crippen LogP contribution in [0, 0.1) is 23.1 Å².